The molecular formula is C20H27N3O3. The zero-order valence-corrected chi connectivity index (χ0v) is 15.6. The molecule has 0 unspecified atom stereocenters. The number of amides is 2. The van der Waals surface area contributed by atoms with Crippen molar-refractivity contribution in [1.82, 2.24) is 15.2 Å². The van der Waals surface area contributed by atoms with Crippen molar-refractivity contribution in [3.05, 3.63) is 36.0 Å². The molecule has 0 radical (unpaired) electrons. The van der Waals surface area contributed by atoms with Gasteiger partial charge in [-0.3, -0.25) is 9.59 Å². The lowest BCUT2D eigenvalue weighted by Crippen LogP contribution is -2.54. The number of aromatic nitrogens is 1. The molecule has 1 fully saturated rings. The van der Waals surface area contributed by atoms with Crippen molar-refractivity contribution in [2.45, 2.75) is 39.3 Å². The lowest BCUT2D eigenvalue weighted by atomic mass is 10.0. The van der Waals surface area contributed by atoms with Crippen LogP contribution in [0.5, 0.6) is 0 Å². The van der Waals surface area contributed by atoms with Crippen LogP contribution in [0.3, 0.4) is 0 Å². The molecule has 0 aliphatic carbocycles. The number of benzene rings is 1. The zero-order valence-electron chi connectivity index (χ0n) is 15.6. The van der Waals surface area contributed by atoms with E-state index < -0.39 is 6.04 Å². The van der Waals surface area contributed by atoms with Crippen molar-refractivity contribution in [3.63, 3.8) is 0 Å². The first kappa shape index (κ1) is 18.5. The van der Waals surface area contributed by atoms with Gasteiger partial charge in [-0.25, -0.2) is 0 Å². The Morgan fingerprint density at radius 2 is 2.12 bits per heavy atom. The van der Waals surface area contributed by atoms with Crippen LogP contribution in [-0.2, 0) is 20.7 Å². The van der Waals surface area contributed by atoms with Gasteiger partial charge >= 0.3 is 0 Å². The zero-order chi connectivity index (χ0) is 18.7. The smallest absolute Gasteiger partial charge is 0.245 e. The molecule has 0 bridgehead atoms. The highest BCUT2D eigenvalue weighted by Crippen LogP contribution is 2.20. The quantitative estimate of drug-likeness (QED) is 0.861. The van der Waals surface area contributed by atoms with Gasteiger partial charge in [-0.05, 0) is 18.6 Å². The molecule has 3 rings (SSSR count). The minimum Gasteiger partial charge on any atom is -0.375 e. The Morgan fingerprint density at radius 1 is 1.35 bits per heavy atom. The van der Waals surface area contributed by atoms with Gasteiger partial charge in [-0.1, -0.05) is 32.0 Å². The largest absolute Gasteiger partial charge is 0.375 e. The molecule has 2 atom stereocenters. The van der Waals surface area contributed by atoms with Crippen molar-refractivity contribution in [1.29, 1.82) is 0 Å². The number of fused-ring (bicyclic) bond motifs is 1. The maximum absolute atomic E-state index is 13.1. The number of hydrogen-bond donors (Lipinski definition) is 2. The number of ether oxygens (including phenoxy) is 1. The maximum atomic E-state index is 13.1. The van der Waals surface area contributed by atoms with Crippen molar-refractivity contribution < 1.29 is 14.3 Å². The van der Waals surface area contributed by atoms with E-state index in [-0.39, 0.29) is 23.8 Å². The lowest BCUT2D eigenvalue weighted by molar-refractivity contribution is -0.142. The number of para-hydroxylation sites is 1. The van der Waals surface area contributed by atoms with Gasteiger partial charge < -0.3 is 19.9 Å². The third kappa shape index (κ3) is 4.07. The van der Waals surface area contributed by atoms with Gasteiger partial charge in [0.1, 0.15) is 6.04 Å². The summed E-state index contributed by atoms with van der Waals surface area (Å²) in [5.41, 5.74) is 2.06. The Morgan fingerprint density at radius 3 is 2.85 bits per heavy atom. The summed E-state index contributed by atoms with van der Waals surface area (Å²) in [7, 11) is 0. The molecule has 26 heavy (non-hydrogen) atoms. The fourth-order valence-electron chi connectivity index (χ4n) is 3.30. The molecule has 1 aromatic heterocycles. The van der Waals surface area contributed by atoms with Crippen LogP contribution in [0.15, 0.2) is 30.5 Å². The fourth-order valence-corrected chi connectivity index (χ4v) is 3.30. The molecule has 6 nitrogen and oxygen atoms in total. The Hall–Kier alpha value is -2.34. The number of H-pyrrole nitrogens is 1. The number of aromatic amines is 1. The third-order valence-electron chi connectivity index (χ3n) is 4.79. The Balaban J connectivity index is 1.82. The molecule has 140 valence electrons. The molecule has 0 spiro atoms. The van der Waals surface area contributed by atoms with E-state index in [1.165, 1.54) is 0 Å². The number of nitrogens with zero attached hydrogens (tertiary/aromatic N) is 1. The normalized spacial score (nSPS) is 18.9. The molecule has 0 saturated carbocycles. The molecular weight excluding hydrogens is 330 g/mol. The first-order chi connectivity index (χ1) is 12.5. The van der Waals surface area contributed by atoms with E-state index in [2.05, 4.69) is 10.3 Å². The summed E-state index contributed by atoms with van der Waals surface area (Å²) in [5.74, 6) is -0.319. The highest BCUT2D eigenvalue weighted by atomic mass is 16.5. The number of nitrogens with one attached hydrogen (secondary N) is 2. The molecule has 2 aromatic rings. The van der Waals surface area contributed by atoms with Crippen LogP contribution >= 0.6 is 0 Å². The number of rotatable bonds is 5. The maximum Gasteiger partial charge on any atom is 0.245 e. The van der Waals surface area contributed by atoms with Gasteiger partial charge in [0.25, 0.3) is 0 Å². The van der Waals surface area contributed by atoms with Crippen LogP contribution in [0.25, 0.3) is 10.9 Å². The van der Waals surface area contributed by atoms with Crippen molar-refractivity contribution >= 4 is 22.7 Å². The van der Waals surface area contributed by atoms with Crippen LogP contribution in [0.4, 0.5) is 0 Å². The van der Waals surface area contributed by atoms with Gasteiger partial charge in [0.2, 0.25) is 11.8 Å². The van der Waals surface area contributed by atoms with E-state index in [1.54, 1.807) is 4.90 Å². The second kappa shape index (κ2) is 7.91. The molecule has 1 aliphatic rings. The highest BCUT2D eigenvalue weighted by Gasteiger charge is 2.30. The highest BCUT2D eigenvalue weighted by molar-refractivity contribution is 5.90. The summed E-state index contributed by atoms with van der Waals surface area (Å²) in [6, 6.07) is 7.42. The van der Waals surface area contributed by atoms with E-state index >= 15 is 0 Å². The Labute approximate surface area is 153 Å². The van der Waals surface area contributed by atoms with Crippen molar-refractivity contribution in [3.8, 4) is 0 Å². The van der Waals surface area contributed by atoms with E-state index in [0.717, 1.165) is 16.5 Å². The Bertz CT molecular complexity index is 783. The number of hydrogen-bond acceptors (Lipinski definition) is 3. The van der Waals surface area contributed by atoms with Crippen LogP contribution in [0.1, 0.15) is 26.3 Å². The van der Waals surface area contributed by atoms with Gasteiger partial charge in [0.15, 0.2) is 0 Å². The standard InChI is InChI=1S/C20H27N3O3/c1-13(2)19(24)22-18(20(25)23-8-9-26-14(3)12-23)10-15-11-21-17-7-5-4-6-16(15)17/h4-7,11,13-14,18,21H,8-10,12H2,1-3H3,(H,22,24)/t14-,18+/m0/s1. The van der Waals surface area contributed by atoms with Crippen LogP contribution in [0, 0.1) is 5.92 Å². The van der Waals surface area contributed by atoms with Gasteiger partial charge in [-0.2, -0.15) is 0 Å². The summed E-state index contributed by atoms with van der Waals surface area (Å²) in [6.45, 7) is 7.27. The molecule has 1 saturated heterocycles. The summed E-state index contributed by atoms with van der Waals surface area (Å²) in [4.78, 5) is 30.4. The first-order valence-electron chi connectivity index (χ1n) is 9.21. The molecule has 2 amide bonds. The molecule has 2 heterocycles. The minimum atomic E-state index is -0.575. The summed E-state index contributed by atoms with van der Waals surface area (Å²) in [5, 5.41) is 4.03. The summed E-state index contributed by atoms with van der Waals surface area (Å²) >= 11 is 0. The number of carbonyl (C=O) groups is 2. The van der Waals surface area contributed by atoms with Crippen molar-refractivity contribution in [2.24, 2.45) is 5.92 Å². The Kier molecular flexibility index (Phi) is 5.61. The first-order valence-corrected chi connectivity index (χ1v) is 9.21. The molecule has 2 N–H and O–H groups in total. The van der Waals surface area contributed by atoms with Crippen LogP contribution in [-0.4, -0.2) is 53.5 Å². The monoisotopic (exact) mass is 357 g/mol. The average Bonchev–Trinajstić information content (AvgIpc) is 3.03. The SMILES string of the molecule is CC(C)C(=O)N[C@H](Cc1c[nH]c2ccccc12)C(=O)N1CCO[C@@H](C)C1. The summed E-state index contributed by atoms with van der Waals surface area (Å²) < 4.78 is 5.53. The predicted octanol–water partition coefficient (Wildman–Crippen LogP) is 2.10. The van der Waals surface area contributed by atoms with Crippen molar-refractivity contribution in [2.75, 3.05) is 19.7 Å². The van der Waals surface area contributed by atoms with Gasteiger partial charge in [0.05, 0.1) is 12.7 Å². The topological polar surface area (TPSA) is 74.4 Å². The van der Waals surface area contributed by atoms with Crippen LogP contribution in [0.2, 0.25) is 0 Å². The molecule has 1 aromatic carbocycles. The van der Waals surface area contributed by atoms with Gasteiger partial charge in [-0.15, -0.1) is 0 Å². The van der Waals surface area contributed by atoms with Crippen LogP contribution < -0.4 is 5.32 Å². The predicted molar refractivity (Wildman–Crippen MR) is 101 cm³/mol. The second-order valence-electron chi connectivity index (χ2n) is 7.25. The van der Waals surface area contributed by atoms with E-state index in [9.17, 15) is 9.59 Å². The van der Waals surface area contributed by atoms with E-state index in [1.807, 2.05) is 51.2 Å². The number of carbonyl (C=O) groups excluding carboxylic acids is 2. The fraction of sp³-hybridized carbons (Fsp3) is 0.500. The van der Waals surface area contributed by atoms with E-state index in [0.29, 0.717) is 26.1 Å². The van der Waals surface area contributed by atoms with E-state index in [4.69, 9.17) is 4.74 Å². The third-order valence-corrected chi connectivity index (χ3v) is 4.79. The second-order valence-corrected chi connectivity index (χ2v) is 7.25. The minimum absolute atomic E-state index is 0.0160. The molecule has 1 aliphatic heterocycles. The molecule has 6 heteroatoms. The average molecular weight is 357 g/mol. The van der Waals surface area contributed by atoms with Gasteiger partial charge in [0, 0.05) is 42.5 Å². The number of morpholine rings is 1. The summed E-state index contributed by atoms with van der Waals surface area (Å²) in [6.07, 6.45) is 2.41. The lowest BCUT2D eigenvalue weighted by Gasteiger charge is -2.34.